The molecule has 1 aliphatic carbocycles. The number of aromatic nitrogens is 1. The van der Waals surface area contributed by atoms with Crippen molar-refractivity contribution in [2.24, 2.45) is 5.73 Å². The number of hydrogen-bond acceptors (Lipinski definition) is 3. The number of hydrogen-bond donors (Lipinski definition) is 1. The maximum atomic E-state index is 5.87. The zero-order valence-electron chi connectivity index (χ0n) is 10.8. The minimum atomic E-state index is 0. The fourth-order valence-corrected chi connectivity index (χ4v) is 3.52. The molecule has 2 N–H and O–H groups in total. The van der Waals surface area contributed by atoms with E-state index in [1.54, 1.807) is 11.3 Å². The van der Waals surface area contributed by atoms with E-state index in [-0.39, 0.29) is 12.4 Å². The molecule has 20 heavy (non-hydrogen) atoms. The number of thiophene rings is 1. The molecule has 4 heteroatoms. The van der Waals surface area contributed by atoms with Gasteiger partial charge in [0.25, 0.3) is 0 Å². The Morgan fingerprint density at radius 3 is 2.60 bits per heavy atom. The largest absolute Gasteiger partial charge is 0.327 e. The van der Waals surface area contributed by atoms with E-state index in [1.807, 2.05) is 6.20 Å². The van der Waals surface area contributed by atoms with Crippen molar-refractivity contribution in [3.05, 3.63) is 54.2 Å². The Morgan fingerprint density at radius 1 is 1.15 bits per heavy atom. The van der Waals surface area contributed by atoms with E-state index in [2.05, 4.69) is 47.4 Å². The lowest BCUT2D eigenvalue weighted by Gasteiger charge is -2.00. The Balaban J connectivity index is 0.00000121. The predicted molar refractivity (Wildman–Crippen MR) is 87.6 cm³/mol. The average molecular weight is 303 g/mol. The Hall–Kier alpha value is -1.42. The van der Waals surface area contributed by atoms with Gasteiger partial charge in [0.1, 0.15) is 0 Å². The zero-order valence-corrected chi connectivity index (χ0v) is 12.5. The van der Waals surface area contributed by atoms with E-state index in [0.717, 1.165) is 12.1 Å². The molecular weight excluding hydrogens is 288 g/mol. The van der Waals surface area contributed by atoms with Crippen molar-refractivity contribution in [3.63, 3.8) is 0 Å². The van der Waals surface area contributed by atoms with Gasteiger partial charge in [-0.05, 0) is 35.6 Å². The molecule has 4 rings (SSSR count). The first-order chi connectivity index (χ1) is 9.31. The average Bonchev–Trinajstić information content (AvgIpc) is 3.02. The number of fused-ring (bicyclic) bond motifs is 1. The van der Waals surface area contributed by atoms with Crippen LogP contribution in [-0.2, 0) is 0 Å². The molecule has 3 aromatic rings. The van der Waals surface area contributed by atoms with Crippen molar-refractivity contribution in [2.45, 2.75) is 18.4 Å². The van der Waals surface area contributed by atoms with Crippen LogP contribution < -0.4 is 5.73 Å². The normalized spacial score (nSPS) is 20.6. The maximum absolute atomic E-state index is 5.87. The molecule has 0 amide bonds. The summed E-state index contributed by atoms with van der Waals surface area (Å²) >= 11 is 1.79. The Morgan fingerprint density at radius 2 is 1.95 bits per heavy atom. The highest BCUT2D eigenvalue weighted by Gasteiger charge is 2.34. The molecule has 2 heterocycles. The first-order valence-electron chi connectivity index (χ1n) is 6.52. The number of pyridine rings is 1. The summed E-state index contributed by atoms with van der Waals surface area (Å²) in [6, 6.07) is 15.3. The molecule has 2 aromatic heterocycles. The maximum Gasteiger partial charge on any atom is 0.0802 e. The highest BCUT2D eigenvalue weighted by atomic mass is 35.5. The third kappa shape index (κ3) is 2.33. The van der Waals surface area contributed by atoms with Crippen molar-refractivity contribution in [3.8, 4) is 10.6 Å². The van der Waals surface area contributed by atoms with Gasteiger partial charge in [0.15, 0.2) is 0 Å². The van der Waals surface area contributed by atoms with Crippen LogP contribution >= 0.6 is 23.7 Å². The van der Waals surface area contributed by atoms with Crippen molar-refractivity contribution in [2.75, 3.05) is 0 Å². The molecule has 102 valence electrons. The molecular formula is C16H15ClN2S. The molecule has 0 saturated heterocycles. The van der Waals surface area contributed by atoms with Crippen LogP contribution in [0.2, 0.25) is 0 Å². The highest BCUT2D eigenvalue weighted by molar-refractivity contribution is 7.22. The number of rotatable bonds is 2. The van der Waals surface area contributed by atoms with Crippen LogP contribution in [-0.4, -0.2) is 11.0 Å². The van der Waals surface area contributed by atoms with Crippen LogP contribution in [0.25, 0.3) is 20.7 Å². The first kappa shape index (κ1) is 13.6. The van der Waals surface area contributed by atoms with Crippen molar-refractivity contribution < 1.29 is 0 Å². The van der Waals surface area contributed by atoms with Crippen LogP contribution in [0, 0.1) is 0 Å². The van der Waals surface area contributed by atoms with Gasteiger partial charge in [-0.2, -0.15) is 0 Å². The quantitative estimate of drug-likeness (QED) is 0.770. The molecule has 1 aliphatic rings. The lowest BCUT2D eigenvalue weighted by Crippen LogP contribution is -2.01. The molecule has 2 nitrogen and oxygen atoms in total. The lowest BCUT2D eigenvalue weighted by molar-refractivity contribution is 0.981. The number of nitrogens with two attached hydrogens (primary N) is 1. The number of benzene rings is 1. The molecule has 0 spiro atoms. The lowest BCUT2D eigenvalue weighted by atomic mass is 10.1. The Kier molecular flexibility index (Phi) is 3.50. The second kappa shape index (κ2) is 5.17. The van der Waals surface area contributed by atoms with Gasteiger partial charge < -0.3 is 5.73 Å². The van der Waals surface area contributed by atoms with Crippen LogP contribution in [0.1, 0.15) is 17.9 Å². The summed E-state index contributed by atoms with van der Waals surface area (Å²) in [7, 11) is 0. The molecule has 0 aliphatic heterocycles. The summed E-state index contributed by atoms with van der Waals surface area (Å²) in [6.07, 6.45) is 3.08. The summed E-state index contributed by atoms with van der Waals surface area (Å²) in [5.41, 5.74) is 8.20. The van der Waals surface area contributed by atoms with E-state index >= 15 is 0 Å². The Bertz CT molecular complexity index is 703. The van der Waals surface area contributed by atoms with Crippen molar-refractivity contribution in [1.82, 2.24) is 4.98 Å². The Labute approximate surface area is 128 Å². The van der Waals surface area contributed by atoms with Gasteiger partial charge in [0.05, 0.1) is 10.6 Å². The topological polar surface area (TPSA) is 38.9 Å². The van der Waals surface area contributed by atoms with E-state index in [4.69, 9.17) is 5.73 Å². The molecule has 0 unspecified atom stereocenters. The summed E-state index contributed by atoms with van der Waals surface area (Å²) in [5.74, 6) is 0.531. The van der Waals surface area contributed by atoms with Crippen molar-refractivity contribution >= 4 is 33.8 Å². The van der Waals surface area contributed by atoms with E-state index < -0.39 is 0 Å². The van der Waals surface area contributed by atoms with E-state index in [1.165, 1.54) is 20.5 Å². The molecule has 2 atom stereocenters. The number of nitrogens with zero attached hydrogens (tertiary/aromatic N) is 1. The predicted octanol–water partition coefficient (Wildman–Crippen LogP) is 4.20. The van der Waals surface area contributed by atoms with Crippen LogP contribution in [0.15, 0.2) is 48.7 Å². The van der Waals surface area contributed by atoms with Gasteiger partial charge in [-0.1, -0.05) is 24.3 Å². The first-order valence-corrected chi connectivity index (χ1v) is 7.33. The highest BCUT2D eigenvalue weighted by Crippen LogP contribution is 2.39. The van der Waals surface area contributed by atoms with Crippen LogP contribution in [0.3, 0.4) is 0 Å². The minimum absolute atomic E-state index is 0. The summed E-state index contributed by atoms with van der Waals surface area (Å²) in [5, 5.41) is 1.29. The van der Waals surface area contributed by atoms with Crippen LogP contribution in [0.5, 0.6) is 0 Å². The van der Waals surface area contributed by atoms with Gasteiger partial charge in [-0.25, -0.2) is 0 Å². The van der Waals surface area contributed by atoms with Crippen LogP contribution in [0.4, 0.5) is 0 Å². The zero-order chi connectivity index (χ0) is 12.8. The second-order valence-electron chi connectivity index (χ2n) is 5.13. The number of halogens is 1. The van der Waals surface area contributed by atoms with Gasteiger partial charge in [-0.15, -0.1) is 23.7 Å². The second-order valence-corrected chi connectivity index (χ2v) is 6.22. The van der Waals surface area contributed by atoms with E-state index in [0.29, 0.717) is 12.0 Å². The minimum Gasteiger partial charge on any atom is -0.327 e. The molecule has 1 aromatic carbocycles. The fraction of sp³-hybridized carbons (Fsp3) is 0.188. The van der Waals surface area contributed by atoms with Gasteiger partial charge in [0.2, 0.25) is 0 Å². The smallest absolute Gasteiger partial charge is 0.0802 e. The van der Waals surface area contributed by atoms with Gasteiger partial charge >= 0.3 is 0 Å². The fourth-order valence-electron chi connectivity index (χ4n) is 2.48. The standard InChI is InChI=1S/C16H14N2S.ClH/c17-13-8-12(13)11-5-6-14(18-9-11)16-7-10-3-1-2-4-15(10)19-16;/h1-7,9,12-13H,8,17H2;1H/t12-,13+;/m1./s1. The van der Waals surface area contributed by atoms with Crippen molar-refractivity contribution in [1.29, 1.82) is 0 Å². The molecule has 1 saturated carbocycles. The van der Waals surface area contributed by atoms with E-state index in [9.17, 15) is 0 Å². The molecule has 0 radical (unpaired) electrons. The summed E-state index contributed by atoms with van der Waals surface area (Å²) in [4.78, 5) is 5.82. The summed E-state index contributed by atoms with van der Waals surface area (Å²) < 4.78 is 1.31. The third-order valence-corrected chi connectivity index (χ3v) is 4.87. The summed E-state index contributed by atoms with van der Waals surface area (Å²) in [6.45, 7) is 0. The molecule has 0 bridgehead atoms. The SMILES string of the molecule is Cl.N[C@H]1C[C@@H]1c1ccc(-c2cc3ccccc3s2)nc1. The third-order valence-electron chi connectivity index (χ3n) is 3.73. The monoisotopic (exact) mass is 302 g/mol. The van der Waals surface area contributed by atoms with Gasteiger partial charge in [-0.3, -0.25) is 4.98 Å². The van der Waals surface area contributed by atoms with Gasteiger partial charge in [0, 0.05) is 22.9 Å². The molecule has 1 fully saturated rings.